The van der Waals surface area contributed by atoms with Gasteiger partial charge in [-0.25, -0.2) is 0 Å². The Bertz CT molecular complexity index is 405. The molecule has 3 rings (SSSR count). The maximum absolute atomic E-state index is 5.61. The molecule has 1 fully saturated rings. The van der Waals surface area contributed by atoms with Crippen molar-refractivity contribution in [1.82, 2.24) is 5.32 Å². The van der Waals surface area contributed by atoms with Crippen LogP contribution in [0.4, 0.5) is 0 Å². The van der Waals surface area contributed by atoms with Crippen molar-refractivity contribution in [2.45, 2.75) is 17.7 Å². The number of rotatable bonds is 3. The zero-order chi connectivity index (χ0) is 12.2. The van der Waals surface area contributed by atoms with Gasteiger partial charge in [-0.15, -0.1) is 11.8 Å². The van der Waals surface area contributed by atoms with Crippen molar-refractivity contribution in [1.29, 1.82) is 0 Å². The smallest absolute Gasteiger partial charge is 0.162 e. The molecule has 1 aromatic carbocycles. The molecule has 4 heteroatoms. The first-order chi connectivity index (χ1) is 8.92. The van der Waals surface area contributed by atoms with Gasteiger partial charge in [0.1, 0.15) is 13.2 Å². The number of hydrogen-bond acceptors (Lipinski definition) is 4. The van der Waals surface area contributed by atoms with E-state index in [0.29, 0.717) is 13.2 Å². The Morgan fingerprint density at radius 1 is 1.11 bits per heavy atom. The van der Waals surface area contributed by atoms with Crippen LogP contribution in [0.15, 0.2) is 23.1 Å². The van der Waals surface area contributed by atoms with Gasteiger partial charge in [0.15, 0.2) is 11.5 Å². The Morgan fingerprint density at radius 2 is 1.89 bits per heavy atom. The predicted octanol–water partition coefficient (Wildman–Crippen LogP) is 2.55. The van der Waals surface area contributed by atoms with Gasteiger partial charge in [0, 0.05) is 10.6 Å². The molecule has 98 valence electrons. The molecule has 2 aliphatic heterocycles. The highest BCUT2D eigenvalue weighted by Gasteiger charge is 2.15. The lowest BCUT2D eigenvalue weighted by Crippen LogP contribution is -2.28. The van der Waals surface area contributed by atoms with Crippen molar-refractivity contribution in [3.63, 3.8) is 0 Å². The van der Waals surface area contributed by atoms with E-state index >= 15 is 0 Å². The van der Waals surface area contributed by atoms with Crippen LogP contribution < -0.4 is 14.8 Å². The Morgan fingerprint density at radius 3 is 2.72 bits per heavy atom. The second-order valence-corrected chi connectivity index (χ2v) is 5.90. The summed E-state index contributed by atoms with van der Waals surface area (Å²) in [5, 5.41) is 3.41. The number of fused-ring (bicyclic) bond motifs is 1. The van der Waals surface area contributed by atoms with Gasteiger partial charge in [-0.2, -0.15) is 0 Å². The van der Waals surface area contributed by atoms with Crippen molar-refractivity contribution in [3.05, 3.63) is 18.2 Å². The van der Waals surface area contributed by atoms with Crippen molar-refractivity contribution in [3.8, 4) is 11.5 Å². The Hall–Kier alpha value is -0.870. The first-order valence-corrected chi connectivity index (χ1v) is 7.63. The summed E-state index contributed by atoms with van der Waals surface area (Å²) in [4.78, 5) is 1.29. The first-order valence-electron chi connectivity index (χ1n) is 6.65. The highest BCUT2D eigenvalue weighted by atomic mass is 32.2. The third-order valence-corrected chi connectivity index (χ3v) is 4.68. The monoisotopic (exact) mass is 265 g/mol. The van der Waals surface area contributed by atoms with Gasteiger partial charge in [0.05, 0.1) is 0 Å². The second kappa shape index (κ2) is 5.85. The van der Waals surface area contributed by atoms with E-state index in [4.69, 9.17) is 9.47 Å². The fraction of sp³-hybridized carbons (Fsp3) is 0.571. The fourth-order valence-electron chi connectivity index (χ4n) is 2.38. The highest BCUT2D eigenvalue weighted by Crippen LogP contribution is 2.35. The Kier molecular flexibility index (Phi) is 3.96. The molecule has 0 atom stereocenters. The summed E-state index contributed by atoms with van der Waals surface area (Å²) in [5.41, 5.74) is 0. The van der Waals surface area contributed by atoms with E-state index in [9.17, 15) is 0 Å². The molecule has 1 saturated heterocycles. The summed E-state index contributed by atoms with van der Waals surface area (Å²) in [6.07, 6.45) is 2.61. The van der Waals surface area contributed by atoms with Gasteiger partial charge in [0.2, 0.25) is 0 Å². The molecule has 0 bridgehead atoms. The van der Waals surface area contributed by atoms with Crippen LogP contribution in [-0.4, -0.2) is 32.1 Å². The highest BCUT2D eigenvalue weighted by molar-refractivity contribution is 7.99. The number of hydrogen-bond donors (Lipinski definition) is 1. The van der Waals surface area contributed by atoms with E-state index in [2.05, 4.69) is 17.4 Å². The third-order valence-electron chi connectivity index (χ3n) is 3.46. The minimum atomic E-state index is 0.661. The summed E-state index contributed by atoms with van der Waals surface area (Å²) in [6, 6.07) is 6.28. The fourth-order valence-corrected chi connectivity index (χ4v) is 3.49. The van der Waals surface area contributed by atoms with Crippen LogP contribution in [0.5, 0.6) is 11.5 Å². The average Bonchev–Trinajstić information content (AvgIpc) is 2.46. The second-order valence-electron chi connectivity index (χ2n) is 4.81. The molecule has 0 saturated carbocycles. The predicted molar refractivity (Wildman–Crippen MR) is 73.7 cm³/mol. The lowest BCUT2D eigenvalue weighted by molar-refractivity contribution is 0.171. The topological polar surface area (TPSA) is 30.5 Å². The summed E-state index contributed by atoms with van der Waals surface area (Å²) in [6.45, 7) is 3.67. The van der Waals surface area contributed by atoms with Gasteiger partial charge >= 0.3 is 0 Å². The molecule has 0 radical (unpaired) electrons. The summed E-state index contributed by atoms with van der Waals surface area (Å²) >= 11 is 1.94. The largest absolute Gasteiger partial charge is 0.486 e. The minimum absolute atomic E-state index is 0.661. The van der Waals surface area contributed by atoms with Crippen molar-refractivity contribution in [2.24, 2.45) is 5.92 Å². The lowest BCUT2D eigenvalue weighted by Gasteiger charge is -2.22. The van der Waals surface area contributed by atoms with Crippen LogP contribution in [0.1, 0.15) is 12.8 Å². The third kappa shape index (κ3) is 2.93. The van der Waals surface area contributed by atoms with Crippen LogP contribution in [0.2, 0.25) is 0 Å². The Labute approximate surface area is 112 Å². The van der Waals surface area contributed by atoms with Crippen LogP contribution in [0.25, 0.3) is 0 Å². The molecule has 0 amide bonds. The summed E-state index contributed by atoms with van der Waals surface area (Å²) in [5.74, 6) is 3.84. The first kappa shape index (κ1) is 12.2. The zero-order valence-corrected chi connectivity index (χ0v) is 11.3. The van der Waals surface area contributed by atoms with E-state index in [1.807, 2.05) is 17.8 Å². The molecule has 18 heavy (non-hydrogen) atoms. The normalized spacial score (nSPS) is 19.8. The number of piperidine rings is 1. The molecule has 0 unspecified atom stereocenters. The maximum Gasteiger partial charge on any atom is 0.162 e. The van der Waals surface area contributed by atoms with Gasteiger partial charge < -0.3 is 14.8 Å². The van der Waals surface area contributed by atoms with E-state index in [0.717, 1.165) is 17.4 Å². The quantitative estimate of drug-likeness (QED) is 0.851. The lowest BCUT2D eigenvalue weighted by atomic mass is 10.0. The van der Waals surface area contributed by atoms with Crippen LogP contribution >= 0.6 is 11.8 Å². The molecule has 3 nitrogen and oxygen atoms in total. The van der Waals surface area contributed by atoms with Crippen molar-refractivity contribution < 1.29 is 9.47 Å². The number of ether oxygens (including phenoxy) is 2. The number of thioether (sulfide) groups is 1. The molecular formula is C14H19NO2S. The van der Waals surface area contributed by atoms with E-state index in [1.165, 1.54) is 36.6 Å². The van der Waals surface area contributed by atoms with Gasteiger partial charge in [0.25, 0.3) is 0 Å². The van der Waals surface area contributed by atoms with Gasteiger partial charge in [-0.05, 0) is 50.0 Å². The summed E-state index contributed by atoms with van der Waals surface area (Å²) < 4.78 is 11.1. The minimum Gasteiger partial charge on any atom is -0.486 e. The standard InChI is InChI=1S/C14H19NO2S/c1-2-13-14(17-8-7-16-13)9-12(1)18-10-11-3-5-15-6-4-11/h1-2,9,11,15H,3-8,10H2. The molecule has 0 aliphatic carbocycles. The summed E-state index contributed by atoms with van der Waals surface area (Å²) in [7, 11) is 0. The van der Waals surface area contributed by atoms with Crippen LogP contribution in [-0.2, 0) is 0 Å². The molecule has 2 aliphatic rings. The van der Waals surface area contributed by atoms with E-state index in [-0.39, 0.29) is 0 Å². The van der Waals surface area contributed by atoms with Gasteiger partial charge in [-0.1, -0.05) is 0 Å². The van der Waals surface area contributed by atoms with Crippen molar-refractivity contribution >= 4 is 11.8 Å². The van der Waals surface area contributed by atoms with E-state index in [1.54, 1.807) is 0 Å². The van der Waals surface area contributed by atoms with Crippen LogP contribution in [0.3, 0.4) is 0 Å². The van der Waals surface area contributed by atoms with Gasteiger partial charge in [-0.3, -0.25) is 0 Å². The molecular weight excluding hydrogens is 246 g/mol. The number of benzene rings is 1. The van der Waals surface area contributed by atoms with Crippen LogP contribution in [0, 0.1) is 5.92 Å². The maximum atomic E-state index is 5.61. The molecule has 0 aromatic heterocycles. The Balaban J connectivity index is 1.58. The SMILES string of the molecule is c1cc2c(cc1SCC1CCNCC1)OCCO2. The average molecular weight is 265 g/mol. The zero-order valence-electron chi connectivity index (χ0n) is 10.5. The number of nitrogens with one attached hydrogen (secondary N) is 1. The van der Waals surface area contributed by atoms with E-state index < -0.39 is 0 Å². The molecule has 0 spiro atoms. The molecule has 1 aromatic rings. The molecule has 2 heterocycles. The van der Waals surface area contributed by atoms with Crippen molar-refractivity contribution in [2.75, 3.05) is 32.1 Å². The molecule has 1 N–H and O–H groups in total.